The van der Waals surface area contributed by atoms with Crippen molar-refractivity contribution < 1.29 is 54.7 Å². The van der Waals surface area contributed by atoms with Gasteiger partial charge in [0.05, 0.1) is 53.5 Å². The molecule has 3 aliphatic heterocycles. The lowest BCUT2D eigenvalue weighted by atomic mass is 9.35. The number of nitrogens with zero attached hydrogens (tertiary/aromatic N) is 8. The normalized spacial score (nSPS) is 25.9. The molecule has 6 aromatic rings. The number of aromatic nitrogens is 4. The molecule has 5 heterocycles. The number of carbonyl (C=O) groups is 2. The van der Waals surface area contributed by atoms with Gasteiger partial charge in [0.25, 0.3) is 0 Å². The van der Waals surface area contributed by atoms with Crippen LogP contribution in [0.5, 0.6) is 11.5 Å². The summed E-state index contributed by atoms with van der Waals surface area (Å²) in [5.41, 5.74) is 1.41. The maximum atomic E-state index is 14.6. The molecular weight excluding hydrogens is 1200 g/mol. The monoisotopic (exact) mass is 1260 g/mol. The molecule has 6 aliphatic carbocycles. The molecular formula is C60H62BBrCl2F6N8O6. The molecule has 0 N–H and O–H groups in total. The largest absolute Gasteiger partial charge is 0.498 e. The Morgan fingerprint density at radius 2 is 1.05 bits per heavy atom. The lowest BCUT2D eigenvalue weighted by Gasteiger charge is -2.69. The van der Waals surface area contributed by atoms with Crippen LogP contribution in [0.2, 0.25) is 0 Å². The number of hydrazone groups is 2. The first-order valence-electron chi connectivity index (χ1n) is 27.4. The third kappa shape index (κ3) is 12.4. The summed E-state index contributed by atoms with van der Waals surface area (Å²) in [6.07, 6.45) is 15.0. The number of hydrogen-bond donors (Lipinski definition) is 0. The summed E-state index contributed by atoms with van der Waals surface area (Å²) in [6.45, 7) is 10.6. The minimum absolute atomic E-state index is 0.123. The predicted molar refractivity (Wildman–Crippen MR) is 309 cm³/mol. The molecule has 2 aromatic heterocycles. The summed E-state index contributed by atoms with van der Waals surface area (Å²) in [7, 11) is 3.38. The number of halogens is 9. The first kappa shape index (κ1) is 60.9. The fourth-order valence-corrected chi connectivity index (χ4v) is 12.8. The molecule has 2 amide bonds. The van der Waals surface area contributed by atoms with Crippen LogP contribution in [0.1, 0.15) is 109 Å². The summed E-state index contributed by atoms with van der Waals surface area (Å²) in [6, 6.07) is 15.1. The zero-order chi connectivity index (χ0) is 60.3. The summed E-state index contributed by atoms with van der Waals surface area (Å²) in [4.78, 5) is 26.2. The topological polar surface area (TPSA) is 138 Å². The second kappa shape index (κ2) is 23.2. The second-order valence-electron chi connectivity index (χ2n) is 24.2. The van der Waals surface area contributed by atoms with Gasteiger partial charge in [0.1, 0.15) is 28.1 Å². The fourth-order valence-electron chi connectivity index (χ4n) is 12.5. The molecule has 7 fully saturated rings. The Morgan fingerprint density at radius 1 is 0.631 bits per heavy atom. The minimum atomic E-state index is -0.679. The number of hydrogen-bond acceptors (Lipinski definition) is 10. The van der Waals surface area contributed by atoms with E-state index in [-0.39, 0.29) is 57.3 Å². The van der Waals surface area contributed by atoms with Crippen molar-refractivity contribution in [2.24, 2.45) is 46.0 Å². The highest BCUT2D eigenvalue weighted by molar-refractivity contribution is 9.10. The Hall–Kier alpha value is -6.20. The molecule has 4 aromatic carbocycles. The van der Waals surface area contributed by atoms with Crippen molar-refractivity contribution in [3.05, 3.63) is 148 Å². The zero-order valence-electron chi connectivity index (χ0n) is 47.2. The Labute approximate surface area is 501 Å². The van der Waals surface area contributed by atoms with Crippen LogP contribution >= 0.6 is 39.1 Å². The van der Waals surface area contributed by atoms with Crippen molar-refractivity contribution >= 4 is 76.0 Å². The third-order valence-electron chi connectivity index (χ3n) is 17.0. The van der Waals surface area contributed by atoms with Gasteiger partial charge in [-0.05, 0) is 144 Å². The SMILES string of the molecule is CC(Cl)Cl.Cn1cc(-c2ccc(OCC34CC(C(=O)N5N=CCC5c5cc(F)cc(F)c5)(C3)C4)c(F)c2)cn1.Cn1cc(B2OC(C)(C)C(C)(C)O2)cn1.O=C(N1N=CCC1c1cc(F)cc(F)c1)C12CC(COc3ccc(Br)cc3F)(C1)C2. The molecule has 4 bridgehead atoms. The molecule has 444 valence electrons. The highest BCUT2D eigenvalue weighted by Crippen LogP contribution is 2.75. The first-order chi connectivity index (χ1) is 39.6. The van der Waals surface area contributed by atoms with Crippen LogP contribution in [0.25, 0.3) is 11.1 Å². The summed E-state index contributed by atoms with van der Waals surface area (Å²) in [5.74, 6) is -3.46. The van der Waals surface area contributed by atoms with Gasteiger partial charge >= 0.3 is 7.12 Å². The van der Waals surface area contributed by atoms with Crippen molar-refractivity contribution in [2.45, 2.75) is 114 Å². The highest BCUT2D eigenvalue weighted by Gasteiger charge is 2.74. The summed E-state index contributed by atoms with van der Waals surface area (Å²) < 4.78 is 111. The van der Waals surface area contributed by atoms with Crippen molar-refractivity contribution in [3.63, 3.8) is 0 Å². The van der Waals surface area contributed by atoms with E-state index in [1.807, 2.05) is 47.1 Å². The number of amides is 2. The van der Waals surface area contributed by atoms with Gasteiger partial charge in [-0.15, -0.1) is 23.2 Å². The number of ether oxygens (including phenoxy) is 2. The second-order valence-corrected chi connectivity index (χ2v) is 26.6. The van der Waals surface area contributed by atoms with Gasteiger partial charge in [-0.1, -0.05) is 22.0 Å². The van der Waals surface area contributed by atoms with E-state index in [1.165, 1.54) is 46.4 Å². The first-order valence-corrected chi connectivity index (χ1v) is 29.0. The molecule has 1 saturated heterocycles. The minimum Gasteiger partial charge on any atom is -0.490 e. The van der Waals surface area contributed by atoms with Crippen molar-refractivity contribution in [3.8, 4) is 22.6 Å². The van der Waals surface area contributed by atoms with Crippen LogP contribution in [0.15, 0.2) is 112 Å². The standard InChI is InChI=1S/C26H23F3N4O2.C22H18BrF3N2O2.C10H17BN2O2.C2H4Cl2/c1-32-11-18(10-31-32)16-2-3-23(21(29)8-16)35-15-25-12-26(13-25,14-25)24(34)33-22(4-5-30-33)17-6-19(27)9-20(28)7-17;23-14-1-2-19(17(26)7-14)30-12-21-9-22(10-21,11-21)20(29)28-18(3-4-27-28)13-5-15(24)8-16(25)6-13;1-9(2)10(3,4)15-11(14-9)8-6-12-13(5)7-8;1-2(3)4/h2-3,5-11,22H,4,12-15H2,1H3;1-2,4-8,18H,3,9-12H2;6-7H,1-5H3;2H,1H3. The van der Waals surface area contributed by atoms with Gasteiger partial charge in [-0.3, -0.25) is 19.0 Å². The van der Waals surface area contributed by atoms with Crippen LogP contribution in [0.4, 0.5) is 26.3 Å². The summed E-state index contributed by atoms with van der Waals surface area (Å²) in [5, 5.41) is 19.4. The molecule has 9 aliphatic rings. The van der Waals surface area contributed by atoms with Crippen molar-refractivity contribution in [1.82, 2.24) is 29.6 Å². The van der Waals surface area contributed by atoms with Crippen molar-refractivity contribution in [2.75, 3.05) is 13.2 Å². The van der Waals surface area contributed by atoms with Gasteiger partial charge in [0.2, 0.25) is 11.8 Å². The Kier molecular flexibility index (Phi) is 16.9. The number of alkyl halides is 2. The van der Waals surface area contributed by atoms with Crippen LogP contribution in [-0.2, 0) is 33.0 Å². The molecule has 6 saturated carbocycles. The van der Waals surface area contributed by atoms with Gasteiger partial charge in [0, 0.05) is 96.4 Å². The fraction of sp³-hybridized carbons (Fsp3) is 0.433. The molecule has 2 atom stereocenters. The number of rotatable bonds is 12. The van der Waals surface area contributed by atoms with Gasteiger partial charge < -0.3 is 18.8 Å². The molecule has 84 heavy (non-hydrogen) atoms. The predicted octanol–water partition coefficient (Wildman–Crippen LogP) is 12.9. The molecule has 15 rings (SSSR count). The molecule has 24 heteroatoms. The molecule has 0 spiro atoms. The van der Waals surface area contributed by atoms with Crippen LogP contribution in [-0.4, -0.2) is 90.2 Å². The van der Waals surface area contributed by atoms with Gasteiger partial charge in [-0.2, -0.15) is 20.4 Å². The Bertz CT molecular complexity index is 3450. The Balaban J connectivity index is 0.000000145. The van der Waals surface area contributed by atoms with E-state index in [2.05, 4.69) is 36.3 Å². The van der Waals surface area contributed by atoms with Crippen molar-refractivity contribution in [1.29, 1.82) is 0 Å². The summed E-state index contributed by atoms with van der Waals surface area (Å²) >= 11 is 13.3. The van der Waals surface area contributed by atoms with E-state index in [9.17, 15) is 35.9 Å². The smallest absolute Gasteiger partial charge is 0.490 e. The molecule has 2 unspecified atom stereocenters. The van der Waals surface area contributed by atoms with Crippen LogP contribution in [0, 0.1) is 56.6 Å². The van der Waals surface area contributed by atoms with E-state index in [4.69, 9.17) is 42.0 Å². The quantitative estimate of drug-likeness (QED) is 0.0671. The highest BCUT2D eigenvalue weighted by atomic mass is 79.9. The maximum Gasteiger partial charge on any atom is 0.498 e. The lowest BCUT2D eigenvalue weighted by molar-refractivity contribution is -0.227. The van der Waals surface area contributed by atoms with E-state index >= 15 is 0 Å². The third-order valence-corrected chi connectivity index (χ3v) is 17.5. The van der Waals surface area contributed by atoms with E-state index in [0.29, 0.717) is 80.2 Å². The van der Waals surface area contributed by atoms with Gasteiger partial charge in [-0.25, -0.2) is 36.4 Å². The van der Waals surface area contributed by atoms with Crippen LogP contribution < -0.4 is 14.9 Å². The maximum absolute atomic E-state index is 14.6. The zero-order valence-corrected chi connectivity index (χ0v) is 50.3. The van der Waals surface area contributed by atoms with Gasteiger partial charge in [0.15, 0.2) is 23.1 Å². The van der Waals surface area contributed by atoms with E-state index in [1.54, 1.807) is 72.4 Å². The number of benzene rings is 4. The average molecular weight is 1270 g/mol. The Morgan fingerprint density at radius 3 is 1.44 bits per heavy atom. The lowest BCUT2D eigenvalue weighted by Crippen LogP contribution is -2.69. The number of carbonyl (C=O) groups excluding carboxylic acids is 2. The number of aryl methyl sites for hydroxylation is 2. The van der Waals surface area contributed by atoms with E-state index < -0.39 is 57.8 Å². The molecule has 14 nitrogen and oxygen atoms in total. The van der Waals surface area contributed by atoms with E-state index in [0.717, 1.165) is 28.7 Å². The molecule has 0 radical (unpaired) electrons. The average Bonchev–Trinajstić information content (AvgIpc) is 0.740. The van der Waals surface area contributed by atoms with Crippen LogP contribution in [0.3, 0.4) is 0 Å².